The number of carbonyl (C=O) groups is 1. The lowest BCUT2D eigenvalue weighted by atomic mass is 10.0. The molecule has 0 aromatic heterocycles. The fraction of sp³-hybridized carbons (Fsp3) is 0.500. The number of Topliss-reactive ketones (excluding diaryl/α,β-unsaturated/α-hetero) is 1. The molecular weight excluding hydrogens is 241 g/mol. The molecule has 0 unspecified atom stereocenters. The standard InChI is InChI=1S/C12H11F3O.C2H6/c1-7-4-9(11(16)8-2-3-8)6-10(5-7)12(13,14)15;1-2/h4-6,8H,2-3H2,1H3;1-2H3. The molecule has 1 saturated carbocycles. The van der Waals surface area contributed by atoms with Gasteiger partial charge in [-0.2, -0.15) is 13.2 Å². The van der Waals surface area contributed by atoms with E-state index in [1.165, 1.54) is 6.07 Å². The molecule has 0 saturated heterocycles. The van der Waals surface area contributed by atoms with Gasteiger partial charge >= 0.3 is 6.18 Å². The molecule has 0 heterocycles. The maximum Gasteiger partial charge on any atom is 0.416 e. The Kier molecular flexibility index (Phi) is 4.54. The monoisotopic (exact) mass is 258 g/mol. The number of rotatable bonds is 2. The Labute approximate surface area is 105 Å². The topological polar surface area (TPSA) is 17.1 Å². The number of hydrogen-bond acceptors (Lipinski definition) is 1. The Balaban J connectivity index is 0.000000771. The Morgan fingerprint density at radius 1 is 1.17 bits per heavy atom. The van der Waals surface area contributed by atoms with E-state index in [1.807, 2.05) is 13.8 Å². The number of ketones is 1. The molecule has 1 aliphatic carbocycles. The van der Waals surface area contributed by atoms with Crippen molar-refractivity contribution in [3.63, 3.8) is 0 Å². The van der Waals surface area contributed by atoms with Crippen molar-refractivity contribution >= 4 is 5.78 Å². The fourth-order valence-electron chi connectivity index (χ4n) is 1.67. The molecule has 1 aromatic rings. The van der Waals surface area contributed by atoms with Crippen LogP contribution in [0.15, 0.2) is 18.2 Å². The van der Waals surface area contributed by atoms with Gasteiger partial charge in [-0.3, -0.25) is 4.79 Å². The molecule has 2 rings (SSSR count). The summed E-state index contributed by atoms with van der Waals surface area (Å²) in [6.07, 6.45) is -2.78. The second-order valence-electron chi connectivity index (χ2n) is 4.22. The Morgan fingerprint density at radius 2 is 1.72 bits per heavy atom. The van der Waals surface area contributed by atoms with Gasteiger partial charge in [0.2, 0.25) is 0 Å². The molecule has 1 aliphatic rings. The summed E-state index contributed by atoms with van der Waals surface area (Å²) in [6, 6.07) is 3.53. The lowest BCUT2D eigenvalue weighted by molar-refractivity contribution is -0.137. The highest BCUT2D eigenvalue weighted by molar-refractivity contribution is 5.99. The minimum atomic E-state index is -4.38. The first-order chi connectivity index (χ1) is 8.38. The first-order valence-electron chi connectivity index (χ1n) is 6.11. The highest BCUT2D eigenvalue weighted by Crippen LogP contribution is 2.35. The number of benzene rings is 1. The largest absolute Gasteiger partial charge is 0.416 e. The van der Waals surface area contributed by atoms with Gasteiger partial charge in [-0.05, 0) is 43.5 Å². The van der Waals surface area contributed by atoms with Gasteiger partial charge in [0, 0.05) is 11.5 Å². The van der Waals surface area contributed by atoms with Crippen LogP contribution in [0.1, 0.15) is 48.2 Å². The molecule has 0 aliphatic heterocycles. The van der Waals surface area contributed by atoms with Crippen molar-refractivity contribution in [2.24, 2.45) is 5.92 Å². The van der Waals surface area contributed by atoms with Crippen LogP contribution in [0, 0.1) is 12.8 Å². The average molecular weight is 258 g/mol. The van der Waals surface area contributed by atoms with Crippen molar-refractivity contribution in [3.8, 4) is 0 Å². The van der Waals surface area contributed by atoms with Crippen LogP contribution in [0.3, 0.4) is 0 Å². The molecule has 0 spiro atoms. The zero-order valence-electron chi connectivity index (χ0n) is 10.8. The molecule has 0 radical (unpaired) electrons. The summed E-state index contributed by atoms with van der Waals surface area (Å²) >= 11 is 0. The highest BCUT2D eigenvalue weighted by atomic mass is 19.4. The molecular formula is C14H17F3O. The third-order valence-corrected chi connectivity index (χ3v) is 2.64. The summed E-state index contributed by atoms with van der Waals surface area (Å²) in [5, 5.41) is 0. The van der Waals surface area contributed by atoms with Crippen LogP contribution in [-0.2, 0) is 6.18 Å². The first-order valence-corrected chi connectivity index (χ1v) is 6.11. The predicted octanol–water partition coefficient (Wildman–Crippen LogP) is 4.63. The number of alkyl halides is 3. The average Bonchev–Trinajstić information content (AvgIpc) is 3.12. The summed E-state index contributed by atoms with van der Waals surface area (Å²) in [5.74, 6) is -0.211. The Bertz CT molecular complexity index is 431. The lowest BCUT2D eigenvalue weighted by Crippen LogP contribution is -2.09. The smallest absolute Gasteiger partial charge is 0.294 e. The zero-order chi connectivity index (χ0) is 13.9. The molecule has 0 bridgehead atoms. The van der Waals surface area contributed by atoms with E-state index in [-0.39, 0.29) is 17.3 Å². The van der Waals surface area contributed by atoms with Crippen molar-refractivity contribution in [1.82, 2.24) is 0 Å². The highest BCUT2D eigenvalue weighted by Gasteiger charge is 2.34. The van der Waals surface area contributed by atoms with Crippen molar-refractivity contribution in [2.75, 3.05) is 0 Å². The maximum absolute atomic E-state index is 12.5. The second-order valence-corrected chi connectivity index (χ2v) is 4.22. The van der Waals surface area contributed by atoms with E-state index in [1.54, 1.807) is 6.92 Å². The number of hydrogen-bond donors (Lipinski definition) is 0. The van der Waals surface area contributed by atoms with E-state index < -0.39 is 11.7 Å². The summed E-state index contributed by atoms with van der Waals surface area (Å²) < 4.78 is 37.6. The summed E-state index contributed by atoms with van der Waals surface area (Å²) in [4.78, 5) is 11.7. The SMILES string of the molecule is CC.Cc1cc(C(=O)C2CC2)cc(C(F)(F)F)c1. The van der Waals surface area contributed by atoms with E-state index in [0.717, 1.165) is 25.0 Å². The number of carbonyl (C=O) groups excluding carboxylic acids is 1. The Hall–Kier alpha value is -1.32. The molecule has 1 aromatic carbocycles. The molecule has 4 heteroatoms. The van der Waals surface area contributed by atoms with Crippen molar-refractivity contribution in [3.05, 3.63) is 34.9 Å². The van der Waals surface area contributed by atoms with E-state index >= 15 is 0 Å². The van der Waals surface area contributed by atoms with Crippen LogP contribution in [0.25, 0.3) is 0 Å². The summed E-state index contributed by atoms with van der Waals surface area (Å²) in [6.45, 7) is 5.57. The quantitative estimate of drug-likeness (QED) is 0.707. The van der Waals surface area contributed by atoms with Crippen LogP contribution in [-0.4, -0.2) is 5.78 Å². The normalized spacial score (nSPS) is 14.8. The third kappa shape index (κ3) is 3.59. The second kappa shape index (κ2) is 5.55. The van der Waals surface area contributed by atoms with Crippen LogP contribution < -0.4 is 0 Å². The molecule has 100 valence electrons. The van der Waals surface area contributed by atoms with Gasteiger partial charge < -0.3 is 0 Å². The van der Waals surface area contributed by atoms with Gasteiger partial charge in [0.15, 0.2) is 5.78 Å². The van der Waals surface area contributed by atoms with Crippen LogP contribution in [0.5, 0.6) is 0 Å². The van der Waals surface area contributed by atoms with Gasteiger partial charge in [-0.15, -0.1) is 0 Å². The van der Waals surface area contributed by atoms with Crippen molar-refractivity contribution in [1.29, 1.82) is 0 Å². The predicted molar refractivity (Wildman–Crippen MR) is 64.6 cm³/mol. The van der Waals surface area contributed by atoms with E-state index in [4.69, 9.17) is 0 Å². The van der Waals surface area contributed by atoms with Gasteiger partial charge in [0.1, 0.15) is 0 Å². The maximum atomic E-state index is 12.5. The first kappa shape index (κ1) is 14.7. The van der Waals surface area contributed by atoms with Crippen molar-refractivity contribution < 1.29 is 18.0 Å². The van der Waals surface area contributed by atoms with Crippen molar-refractivity contribution in [2.45, 2.75) is 39.8 Å². The fourth-order valence-corrected chi connectivity index (χ4v) is 1.67. The van der Waals surface area contributed by atoms with Gasteiger partial charge in [-0.1, -0.05) is 13.8 Å². The lowest BCUT2D eigenvalue weighted by Gasteiger charge is -2.09. The molecule has 0 atom stereocenters. The zero-order valence-corrected chi connectivity index (χ0v) is 10.8. The molecule has 0 N–H and O–H groups in total. The minimum absolute atomic E-state index is 0.0529. The minimum Gasteiger partial charge on any atom is -0.294 e. The van der Waals surface area contributed by atoms with Gasteiger partial charge in [0.05, 0.1) is 5.56 Å². The molecule has 1 fully saturated rings. The Morgan fingerprint density at radius 3 is 2.17 bits per heavy atom. The third-order valence-electron chi connectivity index (χ3n) is 2.64. The van der Waals surface area contributed by atoms with Gasteiger partial charge in [-0.25, -0.2) is 0 Å². The van der Waals surface area contributed by atoms with Crippen LogP contribution >= 0.6 is 0 Å². The molecule has 1 nitrogen and oxygen atoms in total. The molecule has 0 amide bonds. The van der Waals surface area contributed by atoms with E-state index in [9.17, 15) is 18.0 Å². The number of aryl methyl sites for hydroxylation is 1. The number of halogens is 3. The summed E-state index contributed by atoms with van der Waals surface area (Å²) in [7, 11) is 0. The van der Waals surface area contributed by atoms with E-state index in [2.05, 4.69) is 0 Å². The van der Waals surface area contributed by atoms with Crippen LogP contribution in [0.2, 0.25) is 0 Å². The summed E-state index contributed by atoms with van der Waals surface area (Å²) in [5.41, 5.74) is -0.0786. The van der Waals surface area contributed by atoms with Crippen LogP contribution in [0.4, 0.5) is 13.2 Å². The molecule has 18 heavy (non-hydrogen) atoms. The van der Waals surface area contributed by atoms with Gasteiger partial charge in [0.25, 0.3) is 0 Å². The van der Waals surface area contributed by atoms with E-state index in [0.29, 0.717) is 5.56 Å².